The molecule has 0 radical (unpaired) electrons. The van der Waals surface area contributed by atoms with Crippen molar-refractivity contribution >= 4 is 23.7 Å². The Morgan fingerprint density at radius 2 is 2.29 bits per heavy atom. The average molecular weight is 231 g/mol. The molecule has 88 valence electrons. The van der Waals surface area contributed by atoms with Crippen LogP contribution in [0.3, 0.4) is 0 Å². The van der Waals surface area contributed by atoms with Crippen molar-refractivity contribution in [1.29, 1.82) is 0 Å². The monoisotopic (exact) mass is 231 g/mol. The summed E-state index contributed by atoms with van der Waals surface area (Å²) < 4.78 is 0. The Kier molecular flexibility index (Phi) is 3.18. The predicted molar refractivity (Wildman–Crippen MR) is 64.0 cm³/mol. The van der Waals surface area contributed by atoms with Crippen molar-refractivity contribution in [2.24, 2.45) is 5.73 Å². The molecule has 0 spiro atoms. The Morgan fingerprint density at radius 3 is 3.06 bits per heavy atom. The van der Waals surface area contributed by atoms with Crippen LogP contribution in [0.15, 0.2) is 18.3 Å². The van der Waals surface area contributed by atoms with Crippen molar-refractivity contribution in [3.8, 4) is 0 Å². The number of hydrogen-bond acceptors (Lipinski definition) is 3. The number of aryl methyl sites for hydroxylation is 1. The molecule has 2 amide bonds. The number of carbonyl (C=O) groups is 2. The molecule has 2 rings (SSSR count). The molecule has 0 fully saturated rings. The van der Waals surface area contributed by atoms with Gasteiger partial charge in [-0.25, -0.2) is 4.98 Å². The summed E-state index contributed by atoms with van der Waals surface area (Å²) in [5, 5.41) is 2.75. The Bertz CT molecular complexity index is 495. The molecule has 1 aromatic rings. The molecule has 1 aliphatic rings. The second-order valence-electron chi connectivity index (χ2n) is 3.91. The highest BCUT2D eigenvalue weighted by Gasteiger charge is 2.13. The van der Waals surface area contributed by atoms with Crippen molar-refractivity contribution in [3.63, 3.8) is 0 Å². The van der Waals surface area contributed by atoms with Crippen LogP contribution in [0, 0.1) is 0 Å². The summed E-state index contributed by atoms with van der Waals surface area (Å²) in [7, 11) is 0. The third-order valence-corrected chi connectivity index (χ3v) is 2.54. The first-order valence-corrected chi connectivity index (χ1v) is 5.41. The highest BCUT2D eigenvalue weighted by molar-refractivity contribution is 5.92. The highest BCUT2D eigenvalue weighted by Crippen LogP contribution is 2.20. The molecule has 2 heterocycles. The molecule has 0 aromatic carbocycles. The molecule has 17 heavy (non-hydrogen) atoms. The van der Waals surface area contributed by atoms with Crippen molar-refractivity contribution in [3.05, 3.63) is 29.5 Å². The lowest BCUT2D eigenvalue weighted by Crippen LogP contribution is -2.10. The molecule has 3 N–H and O–H groups in total. The predicted octanol–water partition coefficient (Wildman–Crippen LogP) is 0.855. The number of nitrogens with zero attached hydrogens (tertiary/aromatic N) is 1. The molecule has 0 aliphatic carbocycles. The molecule has 0 bridgehead atoms. The number of primary amides is 1. The summed E-state index contributed by atoms with van der Waals surface area (Å²) in [5.74, 6) is 0.119. The number of pyridine rings is 1. The van der Waals surface area contributed by atoms with Gasteiger partial charge in [0.2, 0.25) is 11.8 Å². The number of nitrogens with two attached hydrogens (primary N) is 1. The molecule has 0 atom stereocenters. The summed E-state index contributed by atoms with van der Waals surface area (Å²) in [4.78, 5) is 26.1. The van der Waals surface area contributed by atoms with Gasteiger partial charge in [-0.05, 0) is 36.1 Å². The van der Waals surface area contributed by atoms with E-state index >= 15 is 0 Å². The maximum atomic E-state index is 11.3. The zero-order chi connectivity index (χ0) is 12.3. The van der Waals surface area contributed by atoms with Crippen LogP contribution in [0.25, 0.3) is 6.08 Å². The molecule has 1 aliphatic heterocycles. The first-order valence-electron chi connectivity index (χ1n) is 5.41. The van der Waals surface area contributed by atoms with E-state index in [4.69, 9.17) is 5.73 Å². The Balaban J connectivity index is 2.27. The summed E-state index contributed by atoms with van der Waals surface area (Å²) in [5.41, 5.74) is 6.81. The maximum absolute atomic E-state index is 11.3. The fraction of sp³-hybridized carbons (Fsp3) is 0.250. The highest BCUT2D eigenvalue weighted by atomic mass is 16.1. The normalized spacial score (nSPS) is 15.2. The molecule has 0 unspecified atom stereocenters. The number of fused-ring (bicyclic) bond motifs is 1. The average Bonchev–Trinajstić information content (AvgIpc) is 2.46. The molecule has 0 saturated heterocycles. The van der Waals surface area contributed by atoms with Crippen LogP contribution in [-0.2, 0) is 16.0 Å². The summed E-state index contributed by atoms with van der Waals surface area (Å²) in [6, 6.07) is 1.91. The number of aromatic nitrogens is 1. The van der Waals surface area contributed by atoms with E-state index in [0.29, 0.717) is 12.2 Å². The molecule has 5 nitrogen and oxygen atoms in total. The Hall–Kier alpha value is -2.17. The number of hydrogen-bond donors (Lipinski definition) is 2. The van der Waals surface area contributed by atoms with Gasteiger partial charge in [-0.3, -0.25) is 9.59 Å². The minimum Gasteiger partial charge on any atom is -0.366 e. The minimum atomic E-state index is -0.492. The van der Waals surface area contributed by atoms with Crippen LogP contribution in [0.5, 0.6) is 0 Å². The maximum Gasteiger partial charge on any atom is 0.241 e. The molecular formula is C12H13N3O2. The molecular weight excluding hydrogens is 218 g/mol. The Labute approximate surface area is 98.7 Å². The minimum absolute atomic E-state index is 0.00308. The fourth-order valence-corrected chi connectivity index (χ4v) is 1.74. The van der Waals surface area contributed by atoms with E-state index in [9.17, 15) is 9.59 Å². The lowest BCUT2D eigenvalue weighted by molar-refractivity contribution is -0.116. The van der Waals surface area contributed by atoms with Gasteiger partial charge in [-0.1, -0.05) is 0 Å². The number of anilines is 1. The first kappa shape index (κ1) is 11.3. The third-order valence-electron chi connectivity index (χ3n) is 2.54. The number of carbonyl (C=O) groups excluding carboxylic acids is 2. The van der Waals surface area contributed by atoms with Gasteiger partial charge in [0.05, 0.1) is 0 Å². The van der Waals surface area contributed by atoms with E-state index in [1.807, 2.05) is 6.07 Å². The van der Waals surface area contributed by atoms with Gasteiger partial charge in [0.25, 0.3) is 0 Å². The van der Waals surface area contributed by atoms with E-state index < -0.39 is 5.91 Å². The van der Waals surface area contributed by atoms with Gasteiger partial charge in [0.1, 0.15) is 5.82 Å². The first-order chi connectivity index (χ1) is 8.15. The van der Waals surface area contributed by atoms with Crippen LogP contribution in [0.2, 0.25) is 0 Å². The van der Waals surface area contributed by atoms with Crippen LogP contribution >= 0.6 is 0 Å². The second-order valence-corrected chi connectivity index (χ2v) is 3.91. The summed E-state index contributed by atoms with van der Waals surface area (Å²) in [6.07, 6.45) is 6.64. The van der Waals surface area contributed by atoms with Crippen LogP contribution in [-0.4, -0.2) is 16.8 Å². The largest absolute Gasteiger partial charge is 0.366 e. The third kappa shape index (κ3) is 2.90. The van der Waals surface area contributed by atoms with Crippen LogP contribution in [0.4, 0.5) is 5.82 Å². The van der Waals surface area contributed by atoms with Crippen LogP contribution < -0.4 is 11.1 Å². The van der Waals surface area contributed by atoms with Gasteiger partial charge < -0.3 is 11.1 Å². The topological polar surface area (TPSA) is 85.1 Å². The van der Waals surface area contributed by atoms with Crippen molar-refractivity contribution in [2.75, 3.05) is 5.32 Å². The fourth-order valence-electron chi connectivity index (χ4n) is 1.74. The smallest absolute Gasteiger partial charge is 0.241 e. The molecule has 0 saturated carbocycles. The van der Waals surface area contributed by atoms with Gasteiger partial charge in [-0.2, -0.15) is 0 Å². The number of nitrogens with one attached hydrogen (secondary N) is 1. The van der Waals surface area contributed by atoms with Crippen molar-refractivity contribution in [2.45, 2.75) is 19.3 Å². The Morgan fingerprint density at radius 1 is 1.47 bits per heavy atom. The van der Waals surface area contributed by atoms with E-state index in [0.717, 1.165) is 24.0 Å². The van der Waals surface area contributed by atoms with Crippen molar-refractivity contribution < 1.29 is 9.59 Å². The zero-order valence-electron chi connectivity index (χ0n) is 9.27. The van der Waals surface area contributed by atoms with Crippen molar-refractivity contribution in [1.82, 2.24) is 4.98 Å². The van der Waals surface area contributed by atoms with Gasteiger partial charge in [-0.15, -0.1) is 0 Å². The van der Waals surface area contributed by atoms with E-state index in [1.54, 1.807) is 12.3 Å². The van der Waals surface area contributed by atoms with Crippen LogP contribution in [0.1, 0.15) is 24.0 Å². The number of rotatable bonds is 2. The van der Waals surface area contributed by atoms with Gasteiger partial charge in [0.15, 0.2) is 0 Å². The van der Waals surface area contributed by atoms with Gasteiger partial charge >= 0.3 is 0 Å². The summed E-state index contributed by atoms with van der Waals surface area (Å²) in [6.45, 7) is 0. The SMILES string of the molecule is NC(=O)C=Cc1cnc2c(c1)CCCC(=O)N2. The van der Waals surface area contributed by atoms with Gasteiger partial charge in [0, 0.05) is 18.7 Å². The lowest BCUT2D eigenvalue weighted by atomic mass is 10.1. The molecule has 5 heteroatoms. The second kappa shape index (κ2) is 4.78. The molecule has 1 aromatic heterocycles. The zero-order valence-corrected chi connectivity index (χ0v) is 9.27. The standard InChI is InChI=1S/C12H13N3O2/c13-10(16)5-4-8-6-9-2-1-3-11(17)15-12(9)14-7-8/h4-7H,1-3H2,(H2,13,16)(H,14,15,17). The number of amides is 2. The van der Waals surface area contributed by atoms with E-state index in [-0.39, 0.29) is 5.91 Å². The van der Waals surface area contributed by atoms with E-state index in [2.05, 4.69) is 10.3 Å². The lowest BCUT2D eigenvalue weighted by Gasteiger charge is -2.05. The summed E-state index contributed by atoms with van der Waals surface area (Å²) >= 11 is 0. The van der Waals surface area contributed by atoms with E-state index in [1.165, 1.54) is 6.08 Å². The quantitative estimate of drug-likeness (QED) is 0.740.